The summed E-state index contributed by atoms with van der Waals surface area (Å²) in [4.78, 5) is 0. The van der Waals surface area contributed by atoms with Gasteiger partial charge < -0.3 is 4.74 Å². The Morgan fingerprint density at radius 1 is 1.06 bits per heavy atom. The molecule has 0 atom stereocenters. The predicted molar refractivity (Wildman–Crippen MR) is 68.2 cm³/mol. The molecule has 0 unspecified atom stereocenters. The SMILES string of the molecule is CCCCC1=CC=C2COC(CCCC)=C12. The van der Waals surface area contributed by atoms with E-state index in [1.165, 1.54) is 54.6 Å². The lowest BCUT2D eigenvalue weighted by molar-refractivity contribution is 0.247. The van der Waals surface area contributed by atoms with E-state index in [9.17, 15) is 0 Å². The summed E-state index contributed by atoms with van der Waals surface area (Å²) in [6, 6.07) is 0. The lowest BCUT2D eigenvalue weighted by Crippen LogP contribution is -1.91. The van der Waals surface area contributed by atoms with Gasteiger partial charge >= 0.3 is 0 Å². The van der Waals surface area contributed by atoms with E-state index in [1.807, 2.05) is 0 Å². The van der Waals surface area contributed by atoms with Crippen LogP contribution in [0, 0.1) is 0 Å². The van der Waals surface area contributed by atoms with Crippen molar-refractivity contribution in [1.82, 2.24) is 0 Å². The Balaban J connectivity index is 2.07. The van der Waals surface area contributed by atoms with Crippen molar-refractivity contribution in [1.29, 1.82) is 0 Å². The second-order valence-electron chi connectivity index (χ2n) is 4.68. The van der Waals surface area contributed by atoms with Gasteiger partial charge in [-0.1, -0.05) is 38.8 Å². The van der Waals surface area contributed by atoms with Gasteiger partial charge in [0.05, 0.1) is 0 Å². The third kappa shape index (κ3) is 2.23. The van der Waals surface area contributed by atoms with Crippen LogP contribution in [0.1, 0.15) is 52.4 Å². The number of hydrogen-bond donors (Lipinski definition) is 0. The Bertz CT molecular complexity index is 344. The maximum absolute atomic E-state index is 5.80. The van der Waals surface area contributed by atoms with E-state index in [4.69, 9.17) is 4.74 Å². The number of hydrogen-bond acceptors (Lipinski definition) is 1. The van der Waals surface area contributed by atoms with Gasteiger partial charge in [-0.3, -0.25) is 0 Å². The van der Waals surface area contributed by atoms with Gasteiger partial charge in [0, 0.05) is 17.6 Å². The van der Waals surface area contributed by atoms with Crippen molar-refractivity contribution in [2.24, 2.45) is 0 Å². The van der Waals surface area contributed by atoms with Crippen molar-refractivity contribution in [3.63, 3.8) is 0 Å². The van der Waals surface area contributed by atoms with Gasteiger partial charge in [0.25, 0.3) is 0 Å². The molecule has 0 aromatic carbocycles. The molecule has 2 rings (SSSR count). The predicted octanol–water partition coefficient (Wildman–Crippen LogP) is 4.52. The van der Waals surface area contributed by atoms with Crippen LogP contribution in [0.2, 0.25) is 0 Å². The van der Waals surface area contributed by atoms with Gasteiger partial charge in [0.1, 0.15) is 12.4 Å². The van der Waals surface area contributed by atoms with Gasteiger partial charge in [0.2, 0.25) is 0 Å². The fourth-order valence-electron chi connectivity index (χ4n) is 2.40. The number of unbranched alkanes of at least 4 members (excludes halogenated alkanes) is 2. The average molecular weight is 218 g/mol. The topological polar surface area (TPSA) is 9.23 Å². The second kappa shape index (κ2) is 5.38. The molecule has 2 aliphatic rings. The van der Waals surface area contributed by atoms with E-state index in [1.54, 1.807) is 0 Å². The molecule has 0 aromatic heterocycles. The molecule has 0 bridgehead atoms. The third-order valence-corrected chi connectivity index (χ3v) is 3.37. The zero-order chi connectivity index (χ0) is 11.4. The second-order valence-corrected chi connectivity index (χ2v) is 4.68. The van der Waals surface area contributed by atoms with Crippen LogP contribution >= 0.6 is 0 Å². The van der Waals surface area contributed by atoms with Crippen molar-refractivity contribution in [3.8, 4) is 0 Å². The van der Waals surface area contributed by atoms with E-state index in [0.29, 0.717) is 0 Å². The van der Waals surface area contributed by atoms with Gasteiger partial charge in [0.15, 0.2) is 0 Å². The number of ether oxygens (including phenoxy) is 1. The normalized spacial score (nSPS) is 18.4. The van der Waals surface area contributed by atoms with Crippen molar-refractivity contribution < 1.29 is 4.74 Å². The molecule has 0 N–H and O–H groups in total. The van der Waals surface area contributed by atoms with Crippen LogP contribution in [0.4, 0.5) is 0 Å². The van der Waals surface area contributed by atoms with Crippen LogP contribution in [-0.2, 0) is 4.74 Å². The lowest BCUT2D eigenvalue weighted by Gasteiger charge is -2.07. The molecule has 0 radical (unpaired) electrons. The summed E-state index contributed by atoms with van der Waals surface area (Å²) in [5.41, 5.74) is 4.39. The molecule has 1 nitrogen and oxygen atoms in total. The minimum atomic E-state index is 0.806. The summed E-state index contributed by atoms with van der Waals surface area (Å²) in [6.07, 6.45) is 11.9. The van der Waals surface area contributed by atoms with E-state index in [-0.39, 0.29) is 0 Å². The Morgan fingerprint density at radius 3 is 2.56 bits per heavy atom. The van der Waals surface area contributed by atoms with Crippen molar-refractivity contribution in [2.75, 3.05) is 6.61 Å². The molecule has 1 aliphatic heterocycles. The maximum atomic E-state index is 5.80. The minimum Gasteiger partial charge on any atom is -0.493 e. The molecule has 1 heterocycles. The number of fused-ring (bicyclic) bond motifs is 1. The van der Waals surface area contributed by atoms with Crippen LogP contribution in [-0.4, -0.2) is 6.61 Å². The van der Waals surface area contributed by atoms with Crippen molar-refractivity contribution in [2.45, 2.75) is 52.4 Å². The van der Waals surface area contributed by atoms with Crippen LogP contribution in [0.3, 0.4) is 0 Å². The third-order valence-electron chi connectivity index (χ3n) is 3.37. The van der Waals surface area contributed by atoms with E-state index in [0.717, 1.165) is 13.0 Å². The molecule has 1 aliphatic carbocycles. The molecule has 0 saturated heterocycles. The zero-order valence-electron chi connectivity index (χ0n) is 10.5. The summed E-state index contributed by atoms with van der Waals surface area (Å²) >= 11 is 0. The highest BCUT2D eigenvalue weighted by Gasteiger charge is 2.26. The number of allylic oxidation sites excluding steroid dienone is 4. The highest BCUT2D eigenvalue weighted by Crippen LogP contribution is 2.39. The van der Waals surface area contributed by atoms with E-state index >= 15 is 0 Å². The van der Waals surface area contributed by atoms with Crippen LogP contribution in [0.15, 0.2) is 34.6 Å². The van der Waals surface area contributed by atoms with Crippen molar-refractivity contribution in [3.05, 3.63) is 34.6 Å². The molecule has 0 fully saturated rings. The highest BCUT2D eigenvalue weighted by atomic mass is 16.5. The van der Waals surface area contributed by atoms with Crippen LogP contribution < -0.4 is 0 Å². The summed E-state index contributed by atoms with van der Waals surface area (Å²) in [5.74, 6) is 1.26. The first-order chi connectivity index (χ1) is 7.86. The zero-order valence-corrected chi connectivity index (χ0v) is 10.5. The average Bonchev–Trinajstić information content (AvgIpc) is 2.86. The first-order valence-electron chi connectivity index (χ1n) is 6.63. The minimum absolute atomic E-state index is 0.806. The fraction of sp³-hybridized carbons (Fsp3) is 0.600. The Hall–Kier alpha value is -0.980. The monoisotopic (exact) mass is 218 g/mol. The summed E-state index contributed by atoms with van der Waals surface area (Å²) in [5, 5.41) is 0. The first-order valence-corrected chi connectivity index (χ1v) is 6.63. The Kier molecular flexibility index (Phi) is 3.87. The molecule has 16 heavy (non-hydrogen) atoms. The molecule has 0 spiro atoms. The molecule has 1 heteroatoms. The molecular formula is C15H22O. The van der Waals surface area contributed by atoms with Gasteiger partial charge in [-0.05, 0) is 24.8 Å². The van der Waals surface area contributed by atoms with Crippen LogP contribution in [0.25, 0.3) is 0 Å². The van der Waals surface area contributed by atoms with E-state index < -0.39 is 0 Å². The first kappa shape index (κ1) is 11.5. The molecule has 88 valence electrons. The van der Waals surface area contributed by atoms with E-state index in [2.05, 4.69) is 26.0 Å². The standard InChI is InChI=1S/C15H22O/c1-3-5-7-12-9-10-13-11-16-14(15(12)13)8-6-4-2/h9-10H,3-8,11H2,1-2H3. The largest absolute Gasteiger partial charge is 0.493 e. The quantitative estimate of drug-likeness (QED) is 0.637. The molecule has 0 saturated carbocycles. The highest BCUT2D eigenvalue weighted by molar-refractivity contribution is 5.58. The van der Waals surface area contributed by atoms with Gasteiger partial charge in [-0.15, -0.1) is 0 Å². The number of rotatable bonds is 6. The molecule has 0 aromatic rings. The maximum Gasteiger partial charge on any atom is 0.114 e. The Labute approximate surface area is 98.9 Å². The smallest absolute Gasteiger partial charge is 0.114 e. The molecular weight excluding hydrogens is 196 g/mol. The summed E-state index contributed by atoms with van der Waals surface area (Å²) in [7, 11) is 0. The van der Waals surface area contributed by atoms with Crippen LogP contribution in [0.5, 0.6) is 0 Å². The van der Waals surface area contributed by atoms with Gasteiger partial charge in [-0.25, -0.2) is 0 Å². The fourth-order valence-corrected chi connectivity index (χ4v) is 2.40. The Morgan fingerprint density at radius 2 is 1.81 bits per heavy atom. The summed E-state index contributed by atoms with van der Waals surface area (Å²) < 4.78 is 5.80. The lowest BCUT2D eigenvalue weighted by atomic mass is 9.98. The molecule has 0 amide bonds. The van der Waals surface area contributed by atoms with Gasteiger partial charge in [-0.2, -0.15) is 0 Å². The van der Waals surface area contributed by atoms with Crippen molar-refractivity contribution >= 4 is 0 Å². The summed E-state index contributed by atoms with van der Waals surface area (Å²) in [6.45, 7) is 5.29.